The molecule has 2 unspecified atom stereocenters. The lowest BCUT2D eigenvalue weighted by molar-refractivity contribution is -0.0230. The van der Waals surface area contributed by atoms with Crippen LogP contribution in [0.15, 0.2) is 29.2 Å². The van der Waals surface area contributed by atoms with E-state index in [-0.39, 0.29) is 12.1 Å². The van der Waals surface area contributed by atoms with E-state index < -0.39 is 10.0 Å². The van der Waals surface area contributed by atoms with Crippen molar-refractivity contribution in [2.75, 3.05) is 20.2 Å². The lowest BCUT2D eigenvalue weighted by Crippen LogP contribution is -2.51. The highest BCUT2D eigenvalue weighted by Gasteiger charge is 2.35. The molecule has 0 spiro atoms. The van der Waals surface area contributed by atoms with Crippen LogP contribution < -0.4 is 5.32 Å². The van der Waals surface area contributed by atoms with E-state index in [1.54, 1.807) is 22.5 Å². The van der Waals surface area contributed by atoms with Gasteiger partial charge in [-0.05, 0) is 38.1 Å². The second-order valence-corrected chi connectivity index (χ2v) is 7.35. The highest BCUT2D eigenvalue weighted by atomic mass is 32.2. The molecule has 0 amide bonds. The topological polar surface area (TPSA) is 58.6 Å². The van der Waals surface area contributed by atoms with E-state index in [0.29, 0.717) is 24.6 Å². The molecule has 0 aromatic heterocycles. The SMILES string of the molecule is CCC1COC(C)CN1S(=O)(=O)c1cccc(CNC)c1. The number of hydrogen-bond donors (Lipinski definition) is 1. The molecule has 6 heteroatoms. The zero-order valence-electron chi connectivity index (χ0n) is 12.9. The number of rotatable bonds is 5. The third-order valence-electron chi connectivity index (χ3n) is 3.77. The summed E-state index contributed by atoms with van der Waals surface area (Å²) >= 11 is 0. The van der Waals surface area contributed by atoms with Gasteiger partial charge in [-0.2, -0.15) is 4.31 Å². The van der Waals surface area contributed by atoms with E-state index in [1.807, 2.05) is 27.0 Å². The van der Waals surface area contributed by atoms with Gasteiger partial charge in [0.1, 0.15) is 0 Å². The minimum atomic E-state index is -3.47. The van der Waals surface area contributed by atoms with Crippen molar-refractivity contribution in [3.05, 3.63) is 29.8 Å². The monoisotopic (exact) mass is 312 g/mol. The lowest BCUT2D eigenvalue weighted by Gasteiger charge is -2.37. The molecule has 1 heterocycles. The second-order valence-electron chi connectivity index (χ2n) is 5.46. The fraction of sp³-hybridized carbons (Fsp3) is 0.600. The predicted molar refractivity (Wildman–Crippen MR) is 82.6 cm³/mol. The number of nitrogens with one attached hydrogen (secondary N) is 1. The van der Waals surface area contributed by atoms with E-state index in [1.165, 1.54) is 0 Å². The Hall–Kier alpha value is -0.950. The molecule has 1 aliphatic heterocycles. The molecule has 0 radical (unpaired) electrons. The van der Waals surface area contributed by atoms with Crippen molar-refractivity contribution in [3.8, 4) is 0 Å². The van der Waals surface area contributed by atoms with Gasteiger partial charge in [0.15, 0.2) is 0 Å². The predicted octanol–water partition coefficient (Wildman–Crippen LogP) is 1.59. The van der Waals surface area contributed by atoms with Gasteiger partial charge in [-0.3, -0.25) is 0 Å². The van der Waals surface area contributed by atoms with E-state index in [2.05, 4.69) is 5.32 Å². The number of benzene rings is 1. The van der Waals surface area contributed by atoms with Crippen molar-refractivity contribution >= 4 is 10.0 Å². The lowest BCUT2D eigenvalue weighted by atomic mass is 10.2. The van der Waals surface area contributed by atoms with Crippen LogP contribution in [0, 0.1) is 0 Å². The molecule has 1 fully saturated rings. The van der Waals surface area contributed by atoms with Crippen LogP contribution in [0.25, 0.3) is 0 Å². The summed E-state index contributed by atoms with van der Waals surface area (Å²) in [5, 5.41) is 3.04. The average Bonchev–Trinajstić information content (AvgIpc) is 2.48. The Labute approximate surface area is 127 Å². The van der Waals surface area contributed by atoms with Gasteiger partial charge in [0.25, 0.3) is 0 Å². The van der Waals surface area contributed by atoms with Crippen molar-refractivity contribution in [2.45, 2.75) is 43.9 Å². The van der Waals surface area contributed by atoms with Crippen LogP contribution in [0.3, 0.4) is 0 Å². The van der Waals surface area contributed by atoms with Gasteiger partial charge in [0.2, 0.25) is 10.0 Å². The Kier molecular flexibility index (Phi) is 5.37. The molecular weight excluding hydrogens is 288 g/mol. The fourth-order valence-electron chi connectivity index (χ4n) is 2.58. The molecule has 0 aliphatic carbocycles. The standard InChI is InChI=1S/C15H24N2O3S/c1-4-14-11-20-12(2)10-17(14)21(18,19)15-7-5-6-13(8-15)9-16-3/h5-8,12,14,16H,4,9-11H2,1-3H3. The van der Waals surface area contributed by atoms with Crippen LogP contribution in [0.2, 0.25) is 0 Å². The molecule has 2 rings (SSSR count). The smallest absolute Gasteiger partial charge is 0.243 e. The van der Waals surface area contributed by atoms with Gasteiger partial charge in [-0.15, -0.1) is 0 Å². The second kappa shape index (κ2) is 6.87. The van der Waals surface area contributed by atoms with E-state index >= 15 is 0 Å². The minimum Gasteiger partial charge on any atom is -0.375 e. The summed E-state index contributed by atoms with van der Waals surface area (Å²) in [6, 6.07) is 7.05. The Morgan fingerprint density at radius 3 is 2.86 bits per heavy atom. The van der Waals surface area contributed by atoms with Crippen molar-refractivity contribution in [2.24, 2.45) is 0 Å². The number of morpholine rings is 1. The Morgan fingerprint density at radius 1 is 1.43 bits per heavy atom. The summed E-state index contributed by atoms with van der Waals surface area (Å²) in [5.74, 6) is 0. The van der Waals surface area contributed by atoms with Crippen LogP contribution >= 0.6 is 0 Å². The Bertz CT molecular complexity index is 574. The molecule has 0 bridgehead atoms. The van der Waals surface area contributed by atoms with Gasteiger partial charge < -0.3 is 10.1 Å². The summed E-state index contributed by atoms with van der Waals surface area (Å²) in [5.41, 5.74) is 0.966. The van der Waals surface area contributed by atoms with Crippen molar-refractivity contribution in [1.82, 2.24) is 9.62 Å². The van der Waals surface area contributed by atoms with Gasteiger partial charge in [-0.25, -0.2) is 8.42 Å². The first-order chi connectivity index (χ1) is 9.98. The number of ether oxygens (including phenoxy) is 1. The third kappa shape index (κ3) is 3.63. The Balaban J connectivity index is 2.33. The molecule has 0 saturated carbocycles. The van der Waals surface area contributed by atoms with Crippen LogP contribution in [0.4, 0.5) is 0 Å². The first kappa shape index (κ1) is 16.4. The largest absolute Gasteiger partial charge is 0.375 e. The van der Waals surface area contributed by atoms with Crippen LogP contribution in [-0.4, -0.2) is 45.1 Å². The number of sulfonamides is 1. The molecule has 1 saturated heterocycles. The number of nitrogens with zero attached hydrogens (tertiary/aromatic N) is 1. The number of hydrogen-bond acceptors (Lipinski definition) is 4. The van der Waals surface area contributed by atoms with Gasteiger partial charge >= 0.3 is 0 Å². The maximum atomic E-state index is 12.9. The molecule has 1 aliphatic rings. The molecule has 2 atom stereocenters. The molecule has 118 valence electrons. The maximum Gasteiger partial charge on any atom is 0.243 e. The highest BCUT2D eigenvalue weighted by molar-refractivity contribution is 7.89. The van der Waals surface area contributed by atoms with Crippen LogP contribution in [0.5, 0.6) is 0 Å². The average molecular weight is 312 g/mol. The molecule has 1 aromatic rings. The molecular formula is C15H24N2O3S. The highest BCUT2D eigenvalue weighted by Crippen LogP contribution is 2.24. The van der Waals surface area contributed by atoms with Crippen molar-refractivity contribution in [3.63, 3.8) is 0 Å². The summed E-state index contributed by atoms with van der Waals surface area (Å²) in [7, 11) is -1.63. The molecule has 21 heavy (non-hydrogen) atoms. The summed E-state index contributed by atoms with van der Waals surface area (Å²) in [6.45, 7) is 5.43. The van der Waals surface area contributed by atoms with Gasteiger partial charge in [0, 0.05) is 19.1 Å². The van der Waals surface area contributed by atoms with Crippen molar-refractivity contribution in [1.29, 1.82) is 0 Å². The first-order valence-electron chi connectivity index (χ1n) is 7.36. The first-order valence-corrected chi connectivity index (χ1v) is 8.80. The molecule has 1 aromatic carbocycles. The zero-order chi connectivity index (χ0) is 15.5. The maximum absolute atomic E-state index is 12.9. The Morgan fingerprint density at radius 2 is 2.19 bits per heavy atom. The quantitative estimate of drug-likeness (QED) is 0.897. The minimum absolute atomic E-state index is 0.0666. The normalized spacial score (nSPS) is 24.1. The zero-order valence-corrected chi connectivity index (χ0v) is 13.7. The van der Waals surface area contributed by atoms with E-state index in [4.69, 9.17) is 4.74 Å². The molecule has 5 nitrogen and oxygen atoms in total. The van der Waals surface area contributed by atoms with Crippen LogP contribution in [-0.2, 0) is 21.3 Å². The van der Waals surface area contributed by atoms with Gasteiger partial charge in [0.05, 0.1) is 17.6 Å². The summed E-state index contributed by atoms with van der Waals surface area (Å²) < 4.78 is 33.0. The molecule has 1 N–H and O–H groups in total. The fourth-order valence-corrected chi connectivity index (χ4v) is 4.42. The van der Waals surface area contributed by atoms with Gasteiger partial charge in [-0.1, -0.05) is 19.1 Å². The summed E-state index contributed by atoms with van der Waals surface area (Å²) in [4.78, 5) is 0.364. The summed E-state index contributed by atoms with van der Waals surface area (Å²) in [6.07, 6.45) is 0.686. The van der Waals surface area contributed by atoms with Crippen molar-refractivity contribution < 1.29 is 13.2 Å². The van der Waals surface area contributed by atoms with E-state index in [0.717, 1.165) is 12.0 Å². The third-order valence-corrected chi connectivity index (χ3v) is 5.69. The van der Waals surface area contributed by atoms with E-state index in [9.17, 15) is 8.42 Å². The van der Waals surface area contributed by atoms with Crippen LogP contribution in [0.1, 0.15) is 25.8 Å².